The van der Waals surface area contributed by atoms with E-state index in [-0.39, 0.29) is 17.2 Å². The van der Waals surface area contributed by atoms with E-state index < -0.39 is 5.82 Å². The summed E-state index contributed by atoms with van der Waals surface area (Å²) in [7, 11) is 3.47. The van der Waals surface area contributed by atoms with Crippen LogP contribution in [0.2, 0.25) is 5.02 Å². The lowest BCUT2D eigenvalue weighted by atomic mass is 10.1. The predicted octanol–water partition coefficient (Wildman–Crippen LogP) is 4.78. The first-order valence-corrected chi connectivity index (χ1v) is 13.2. The highest BCUT2D eigenvalue weighted by atomic mass is 35.5. The Kier molecular flexibility index (Phi) is 7.99. The fourth-order valence-electron chi connectivity index (χ4n) is 4.96. The molecule has 2 amide bonds. The first-order chi connectivity index (χ1) is 18.4. The molecule has 0 saturated carbocycles. The molecule has 2 saturated heterocycles. The highest BCUT2D eigenvalue weighted by Crippen LogP contribution is 2.36. The fraction of sp³-hybridized carbons (Fsp3) is 0.444. The van der Waals surface area contributed by atoms with Gasteiger partial charge in [-0.05, 0) is 43.5 Å². The molecule has 0 aliphatic carbocycles. The number of likely N-dealkylation sites (tertiary alicyclic amines) is 1. The van der Waals surface area contributed by atoms with Crippen LogP contribution in [0.5, 0.6) is 11.5 Å². The Labute approximate surface area is 226 Å². The van der Waals surface area contributed by atoms with Gasteiger partial charge in [-0.15, -0.1) is 0 Å². The summed E-state index contributed by atoms with van der Waals surface area (Å²) in [6, 6.07) is 8.25. The number of hydrogen-bond acceptors (Lipinski definition) is 7. The molecule has 2 aliphatic rings. The summed E-state index contributed by atoms with van der Waals surface area (Å²) in [6.45, 7) is 5.09. The number of nitrogens with zero attached hydrogens (tertiary/aromatic N) is 5. The highest BCUT2D eigenvalue weighted by molar-refractivity contribution is 6.31. The van der Waals surface area contributed by atoms with Crippen molar-refractivity contribution in [2.24, 2.45) is 0 Å². The van der Waals surface area contributed by atoms with Crippen LogP contribution >= 0.6 is 11.6 Å². The van der Waals surface area contributed by atoms with Crippen LogP contribution in [0.1, 0.15) is 19.3 Å². The molecule has 0 unspecified atom stereocenters. The number of methoxy groups -OCH3 is 1. The lowest BCUT2D eigenvalue weighted by Crippen LogP contribution is -2.50. The third-order valence-corrected chi connectivity index (χ3v) is 7.43. The first kappa shape index (κ1) is 26.2. The van der Waals surface area contributed by atoms with Crippen LogP contribution in [0.4, 0.5) is 20.7 Å². The number of aromatic nitrogens is 2. The highest BCUT2D eigenvalue weighted by Gasteiger charge is 2.26. The quantitative estimate of drug-likeness (QED) is 0.439. The summed E-state index contributed by atoms with van der Waals surface area (Å²) in [5.74, 6) is 1.29. The average Bonchev–Trinajstić information content (AvgIpc) is 2.92. The van der Waals surface area contributed by atoms with Crippen LogP contribution < -0.4 is 14.8 Å². The topological polar surface area (TPSA) is 83.1 Å². The number of anilines is 2. The van der Waals surface area contributed by atoms with Crippen molar-refractivity contribution in [3.63, 3.8) is 0 Å². The van der Waals surface area contributed by atoms with Gasteiger partial charge in [0, 0.05) is 63.5 Å². The van der Waals surface area contributed by atoms with Crippen molar-refractivity contribution >= 4 is 40.0 Å². The maximum absolute atomic E-state index is 13.6. The molecule has 2 aromatic carbocycles. The molecule has 3 aromatic rings. The van der Waals surface area contributed by atoms with Crippen molar-refractivity contribution in [1.82, 2.24) is 24.7 Å². The number of nitrogens with one attached hydrogen (secondary N) is 1. The van der Waals surface area contributed by atoms with Gasteiger partial charge in [0.25, 0.3) is 0 Å². The Morgan fingerprint density at radius 2 is 1.89 bits per heavy atom. The molecule has 9 nitrogen and oxygen atoms in total. The van der Waals surface area contributed by atoms with Crippen LogP contribution in [0, 0.1) is 5.82 Å². The van der Waals surface area contributed by atoms with E-state index in [1.54, 1.807) is 18.1 Å². The van der Waals surface area contributed by atoms with Gasteiger partial charge in [-0.2, -0.15) is 0 Å². The second-order valence-electron chi connectivity index (χ2n) is 9.70. The maximum atomic E-state index is 13.6. The number of fused-ring (bicyclic) bond motifs is 1. The Hall–Kier alpha value is -3.37. The number of hydrogen-bond donors (Lipinski definition) is 1. The third kappa shape index (κ3) is 5.86. The summed E-state index contributed by atoms with van der Waals surface area (Å²) < 4.78 is 25.6. The van der Waals surface area contributed by atoms with Crippen LogP contribution in [0.25, 0.3) is 10.9 Å². The van der Waals surface area contributed by atoms with Crippen molar-refractivity contribution in [1.29, 1.82) is 0 Å². The summed E-state index contributed by atoms with van der Waals surface area (Å²) in [6.07, 6.45) is 4.27. The van der Waals surface area contributed by atoms with E-state index in [0.29, 0.717) is 28.5 Å². The molecule has 2 fully saturated rings. The largest absolute Gasteiger partial charge is 0.493 e. The molecule has 0 radical (unpaired) electrons. The van der Waals surface area contributed by atoms with E-state index >= 15 is 0 Å². The molecule has 3 heterocycles. The number of amides is 2. The van der Waals surface area contributed by atoms with Gasteiger partial charge in [-0.1, -0.05) is 11.6 Å². The lowest BCUT2D eigenvalue weighted by Gasteiger charge is -2.36. The van der Waals surface area contributed by atoms with Gasteiger partial charge in [-0.25, -0.2) is 19.2 Å². The number of benzene rings is 2. The zero-order valence-corrected chi connectivity index (χ0v) is 22.4. The minimum atomic E-state index is -0.483. The summed E-state index contributed by atoms with van der Waals surface area (Å²) >= 11 is 5.95. The zero-order valence-electron chi connectivity index (χ0n) is 21.6. The number of rotatable bonds is 8. The third-order valence-electron chi connectivity index (χ3n) is 7.14. The normalized spacial score (nSPS) is 17.2. The van der Waals surface area contributed by atoms with E-state index in [1.807, 2.05) is 24.1 Å². The number of urea groups is 1. The fourth-order valence-corrected chi connectivity index (χ4v) is 5.14. The van der Waals surface area contributed by atoms with Crippen molar-refractivity contribution in [3.05, 3.63) is 47.5 Å². The minimum Gasteiger partial charge on any atom is -0.493 e. The molecule has 38 heavy (non-hydrogen) atoms. The van der Waals surface area contributed by atoms with Gasteiger partial charge < -0.3 is 29.5 Å². The Balaban J connectivity index is 1.24. The molecule has 0 atom stereocenters. The van der Waals surface area contributed by atoms with Crippen molar-refractivity contribution in [2.75, 3.05) is 58.7 Å². The number of carbonyl (C=O) groups excluding carboxylic acids is 1. The standard InChI is InChI=1S/C27H32ClFN6O3/c1-33-8-3-9-35(27(33)36)13-12-34-10-6-19(7-11-34)38-25-15-20-23(16-24(25)37-2)30-17-31-26(20)32-18-4-5-22(29)21(28)14-18/h4-5,14-17,19H,3,6-13H2,1-2H3,(H,30,31,32). The lowest BCUT2D eigenvalue weighted by molar-refractivity contribution is 0.0870. The smallest absolute Gasteiger partial charge is 0.319 e. The van der Waals surface area contributed by atoms with Gasteiger partial charge in [0.05, 0.1) is 17.6 Å². The van der Waals surface area contributed by atoms with Crippen LogP contribution in [-0.4, -0.2) is 90.2 Å². The SMILES string of the molecule is COc1cc2ncnc(Nc3ccc(F)c(Cl)c3)c2cc1OC1CCN(CCN2CCCN(C)C2=O)CC1. The van der Waals surface area contributed by atoms with Crippen molar-refractivity contribution in [2.45, 2.75) is 25.4 Å². The van der Waals surface area contributed by atoms with Gasteiger partial charge in [0.1, 0.15) is 24.1 Å². The van der Waals surface area contributed by atoms with Crippen LogP contribution in [0.15, 0.2) is 36.7 Å². The molecule has 0 spiro atoms. The minimum absolute atomic E-state index is 0.0280. The van der Waals surface area contributed by atoms with E-state index in [1.165, 1.54) is 18.5 Å². The predicted molar refractivity (Wildman–Crippen MR) is 145 cm³/mol. The molecule has 11 heteroatoms. The second-order valence-corrected chi connectivity index (χ2v) is 10.1. The van der Waals surface area contributed by atoms with Crippen LogP contribution in [-0.2, 0) is 0 Å². The molecule has 202 valence electrons. The van der Waals surface area contributed by atoms with E-state index in [9.17, 15) is 9.18 Å². The van der Waals surface area contributed by atoms with Crippen molar-refractivity contribution < 1.29 is 18.7 Å². The van der Waals surface area contributed by atoms with E-state index in [2.05, 4.69) is 20.2 Å². The molecule has 1 N–H and O–H groups in total. The molecule has 0 bridgehead atoms. The Morgan fingerprint density at radius 1 is 1.08 bits per heavy atom. The molecule has 1 aromatic heterocycles. The van der Waals surface area contributed by atoms with Gasteiger partial charge in [-0.3, -0.25) is 0 Å². The Bertz CT molecular complexity index is 1300. The summed E-state index contributed by atoms with van der Waals surface area (Å²) in [5, 5.41) is 3.98. The number of carbonyl (C=O) groups is 1. The second kappa shape index (κ2) is 11.6. The molecular weight excluding hydrogens is 511 g/mol. The van der Waals surface area contributed by atoms with Gasteiger partial charge in [0.2, 0.25) is 0 Å². The average molecular weight is 543 g/mol. The molecular formula is C27H32ClFN6O3. The monoisotopic (exact) mass is 542 g/mol. The van der Waals surface area contributed by atoms with Gasteiger partial charge >= 0.3 is 6.03 Å². The molecule has 2 aliphatic heterocycles. The number of piperidine rings is 1. The van der Waals surface area contributed by atoms with Crippen molar-refractivity contribution in [3.8, 4) is 11.5 Å². The zero-order chi connectivity index (χ0) is 26.6. The van der Waals surface area contributed by atoms with Gasteiger partial charge in [0.15, 0.2) is 11.5 Å². The summed E-state index contributed by atoms with van der Waals surface area (Å²) in [5.41, 5.74) is 1.30. The molecule has 5 rings (SSSR count). The van der Waals surface area contributed by atoms with Crippen LogP contribution in [0.3, 0.4) is 0 Å². The van der Waals surface area contributed by atoms with E-state index in [4.69, 9.17) is 21.1 Å². The Morgan fingerprint density at radius 3 is 2.66 bits per heavy atom. The maximum Gasteiger partial charge on any atom is 0.319 e. The number of halogens is 2. The van der Waals surface area contributed by atoms with E-state index in [0.717, 1.165) is 63.9 Å². The summed E-state index contributed by atoms with van der Waals surface area (Å²) in [4.78, 5) is 27.2. The first-order valence-electron chi connectivity index (χ1n) is 12.8. The number of ether oxygens (including phenoxy) is 2.